The fourth-order valence-corrected chi connectivity index (χ4v) is 2.62. The maximum absolute atomic E-state index is 9.67. The Morgan fingerprint density at radius 2 is 2.00 bits per heavy atom. The molecule has 0 unspecified atom stereocenters. The van der Waals surface area contributed by atoms with Gasteiger partial charge in [-0.1, -0.05) is 35.9 Å². The van der Waals surface area contributed by atoms with E-state index < -0.39 is 0 Å². The van der Waals surface area contributed by atoms with Crippen molar-refractivity contribution in [1.82, 2.24) is 9.38 Å². The third-order valence-corrected chi connectivity index (χ3v) is 3.63. The summed E-state index contributed by atoms with van der Waals surface area (Å²) in [7, 11) is 0. The Bertz CT molecular complexity index is 759. The van der Waals surface area contributed by atoms with Gasteiger partial charge in [-0.3, -0.25) is 0 Å². The molecule has 1 N–H and O–H groups in total. The van der Waals surface area contributed by atoms with E-state index >= 15 is 0 Å². The zero-order valence-corrected chi connectivity index (χ0v) is 11.8. The molecule has 0 aliphatic rings. The van der Waals surface area contributed by atoms with Crippen LogP contribution < -0.4 is 0 Å². The number of benzene rings is 1. The molecule has 0 spiro atoms. The SMILES string of the molecule is Cc1cccc(Cc2nc3c(C)cccn3c2CO)c1. The smallest absolute Gasteiger partial charge is 0.140 e. The number of pyridine rings is 1. The molecule has 3 rings (SSSR count). The molecule has 0 bridgehead atoms. The molecule has 0 fully saturated rings. The van der Waals surface area contributed by atoms with E-state index in [1.807, 2.05) is 29.7 Å². The fraction of sp³-hybridized carbons (Fsp3) is 0.235. The summed E-state index contributed by atoms with van der Waals surface area (Å²) in [6.45, 7) is 4.13. The average Bonchev–Trinajstić information content (AvgIpc) is 2.77. The molecule has 2 heterocycles. The van der Waals surface area contributed by atoms with Crippen LogP contribution in [0.1, 0.15) is 28.1 Å². The van der Waals surface area contributed by atoms with E-state index in [1.165, 1.54) is 11.1 Å². The van der Waals surface area contributed by atoms with Crippen LogP contribution in [0.4, 0.5) is 0 Å². The van der Waals surface area contributed by atoms with Gasteiger partial charge in [0.2, 0.25) is 0 Å². The predicted molar refractivity (Wildman–Crippen MR) is 79.8 cm³/mol. The van der Waals surface area contributed by atoms with Crippen LogP contribution >= 0.6 is 0 Å². The van der Waals surface area contributed by atoms with Crippen molar-refractivity contribution in [3.63, 3.8) is 0 Å². The van der Waals surface area contributed by atoms with Gasteiger partial charge in [0.15, 0.2) is 0 Å². The molecule has 3 nitrogen and oxygen atoms in total. The summed E-state index contributed by atoms with van der Waals surface area (Å²) >= 11 is 0. The molecule has 20 heavy (non-hydrogen) atoms. The second-order valence-corrected chi connectivity index (χ2v) is 5.21. The molecule has 0 aliphatic heterocycles. The van der Waals surface area contributed by atoms with E-state index in [9.17, 15) is 5.11 Å². The van der Waals surface area contributed by atoms with Crippen molar-refractivity contribution in [2.24, 2.45) is 0 Å². The van der Waals surface area contributed by atoms with Crippen LogP contribution in [0, 0.1) is 13.8 Å². The highest BCUT2D eigenvalue weighted by Gasteiger charge is 2.12. The van der Waals surface area contributed by atoms with Gasteiger partial charge in [0.25, 0.3) is 0 Å². The molecule has 0 aliphatic carbocycles. The lowest BCUT2D eigenvalue weighted by Gasteiger charge is -2.03. The molecule has 3 aromatic rings. The molecule has 102 valence electrons. The number of nitrogens with zero attached hydrogens (tertiary/aromatic N) is 2. The standard InChI is InChI=1S/C17H18N2O/c1-12-5-3-7-14(9-12)10-15-16(11-20)19-8-4-6-13(2)17(19)18-15/h3-9,20H,10-11H2,1-2H3. The summed E-state index contributed by atoms with van der Waals surface area (Å²) in [5.74, 6) is 0. The number of imidazole rings is 1. The van der Waals surface area contributed by atoms with Crippen LogP contribution in [-0.4, -0.2) is 14.5 Å². The Morgan fingerprint density at radius 1 is 1.15 bits per heavy atom. The summed E-state index contributed by atoms with van der Waals surface area (Å²) in [5.41, 5.74) is 6.35. The zero-order chi connectivity index (χ0) is 14.1. The monoisotopic (exact) mass is 266 g/mol. The molecule has 1 aromatic carbocycles. The predicted octanol–water partition coefficient (Wildman–Crippen LogP) is 3.03. The zero-order valence-electron chi connectivity index (χ0n) is 11.8. The van der Waals surface area contributed by atoms with Crippen molar-refractivity contribution in [3.8, 4) is 0 Å². The second kappa shape index (κ2) is 5.10. The first-order valence-electron chi connectivity index (χ1n) is 6.81. The van der Waals surface area contributed by atoms with Crippen molar-refractivity contribution in [2.45, 2.75) is 26.9 Å². The number of aliphatic hydroxyl groups excluding tert-OH is 1. The number of aliphatic hydroxyl groups is 1. The van der Waals surface area contributed by atoms with Crippen LogP contribution in [-0.2, 0) is 13.0 Å². The lowest BCUT2D eigenvalue weighted by molar-refractivity contribution is 0.274. The first kappa shape index (κ1) is 12.9. The summed E-state index contributed by atoms with van der Waals surface area (Å²) in [5, 5.41) is 9.67. The van der Waals surface area contributed by atoms with Crippen molar-refractivity contribution in [2.75, 3.05) is 0 Å². The largest absolute Gasteiger partial charge is 0.390 e. The van der Waals surface area contributed by atoms with Gasteiger partial charge >= 0.3 is 0 Å². The average molecular weight is 266 g/mol. The molecule has 0 amide bonds. The molecular weight excluding hydrogens is 248 g/mol. The Labute approximate surface area is 118 Å². The lowest BCUT2D eigenvalue weighted by Crippen LogP contribution is -1.98. The Kier molecular flexibility index (Phi) is 3.28. The van der Waals surface area contributed by atoms with Gasteiger partial charge in [0, 0.05) is 12.6 Å². The molecule has 0 saturated heterocycles. The molecular formula is C17H18N2O. The van der Waals surface area contributed by atoms with E-state index in [0.29, 0.717) is 0 Å². The van der Waals surface area contributed by atoms with Gasteiger partial charge in [-0.05, 0) is 31.0 Å². The highest BCUT2D eigenvalue weighted by molar-refractivity contribution is 5.51. The minimum absolute atomic E-state index is 0.00572. The van der Waals surface area contributed by atoms with Gasteiger partial charge in [-0.2, -0.15) is 0 Å². The van der Waals surface area contributed by atoms with Gasteiger partial charge in [0.05, 0.1) is 18.0 Å². The van der Waals surface area contributed by atoms with Crippen LogP contribution in [0.2, 0.25) is 0 Å². The van der Waals surface area contributed by atoms with Gasteiger partial charge in [0.1, 0.15) is 5.65 Å². The molecule has 2 aromatic heterocycles. The van der Waals surface area contributed by atoms with Gasteiger partial charge < -0.3 is 9.51 Å². The number of aryl methyl sites for hydroxylation is 2. The minimum atomic E-state index is 0.00572. The number of hydrogen-bond acceptors (Lipinski definition) is 2. The van der Waals surface area contributed by atoms with Crippen molar-refractivity contribution in [3.05, 3.63) is 70.7 Å². The van der Waals surface area contributed by atoms with Crippen LogP contribution in [0.15, 0.2) is 42.6 Å². The highest BCUT2D eigenvalue weighted by Crippen LogP contribution is 2.19. The quantitative estimate of drug-likeness (QED) is 0.791. The third-order valence-electron chi connectivity index (χ3n) is 3.63. The van der Waals surface area contributed by atoms with E-state index in [1.54, 1.807) is 0 Å². The Morgan fingerprint density at radius 3 is 2.75 bits per heavy atom. The van der Waals surface area contributed by atoms with E-state index in [4.69, 9.17) is 4.98 Å². The van der Waals surface area contributed by atoms with E-state index in [2.05, 4.69) is 31.2 Å². The molecule has 0 radical (unpaired) electrons. The maximum Gasteiger partial charge on any atom is 0.140 e. The molecule has 0 atom stereocenters. The summed E-state index contributed by atoms with van der Waals surface area (Å²) in [4.78, 5) is 4.71. The van der Waals surface area contributed by atoms with E-state index in [-0.39, 0.29) is 6.61 Å². The maximum atomic E-state index is 9.67. The Balaban J connectivity index is 2.09. The second-order valence-electron chi connectivity index (χ2n) is 5.21. The van der Waals surface area contributed by atoms with E-state index in [0.717, 1.165) is 29.0 Å². The van der Waals surface area contributed by atoms with Crippen molar-refractivity contribution >= 4 is 5.65 Å². The topological polar surface area (TPSA) is 37.5 Å². The van der Waals surface area contributed by atoms with Crippen LogP contribution in [0.25, 0.3) is 5.65 Å². The number of fused-ring (bicyclic) bond motifs is 1. The highest BCUT2D eigenvalue weighted by atomic mass is 16.3. The summed E-state index contributed by atoms with van der Waals surface area (Å²) in [6.07, 6.45) is 2.71. The third kappa shape index (κ3) is 2.21. The minimum Gasteiger partial charge on any atom is -0.390 e. The number of rotatable bonds is 3. The van der Waals surface area contributed by atoms with Gasteiger partial charge in [-0.15, -0.1) is 0 Å². The molecule has 0 saturated carbocycles. The first-order chi connectivity index (χ1) is 9.69. The lowest BCUT2D eigenvalue weighted by atomic mass is 10.1. The van der Waals surface area contributed by atoms with Gasteiger partial charge in [-0.25, -0.2) is 4.98 Å². The first-order valence-corrected chi connectivity index (χ1v) is 6.81. The summed E-state index contributed by atoms with van der Waals surface area (Å²) < 4.78 is 1.99. The normalized spacial score (nSPS) is 11.2. The number of aromatic nitrogens is 2. The van der Waals surface area contributed by atoms with Crippen molar-refractivity contribution < 1.29 is 5.11 Å². The molecule has 3 heteroatoms. The summed E-state index contributed by atoms with van der Waals surface area (Å²) in [6, 6.07) is 12.4. The number of hydrogen-bond donors (Lipinski definition) is 1. The van der Waals surface area contributed by atoms with Crippen molar-refractivity contribution in [1.29, 1.82) is 0 Å². The Hall–Kier alpha value is -2.13. The van der Waals surface area contributed by atoms with Crippen LogP contribution in [0.3, 0.4) is 0 Å². The van der Waals surface area contributed by atoms with Crippen LogP contribution in [0.5, 0.6) is 0 Å². The fourth-order valence-electron chi connectivity index (χ4n) is 2.62.